The summed E-state index contributed by atoms with van der Waals surface area (Å²) in [5.74, 6) is 1.28. The number of ether oxygens (including phenoxy) is 2. The van der Waals surface area contributed by atoms with Gasteiger partial charge in [0, 0.05) is 12.2 Å². The Labute approximate surface area is 156 Å². The minimum Gasteiger partial charge on any atom is -0.486 e. The van der Waals surface area contributed by atoms with Gasteiger partial charge in [-0.3, -0.25) is 9.69 Å². The number of hydrogen-bond acceptors (Lipinski definition) is 5. The Hall–Kier alpha value is -2.75. The summed E-state index contributed by atoms with van der Waals surface area (Å²) in [6, 6.07) is 14.3. The lowest BCUT2D eigenvalue weighted by atomic mass is 10.2. The van der Waals surface area contributed by atoms with Gasteiger partial charge in [0.1, 0.15) is 18.8 Å². The lowest BCUT2D eigenvalue weighted by molar-refractivity contribution is -0.117. The lowest BCUT2D eigenvalue weighted by Crippen LogP contribution is -2.42. The molecule has 0 saturated carbocycles. The van der Waals surface area contributed by atoms with E-state index in [0.717, 1.165) is 5.75 Å². The summed E-state index contributed by atoms with van der Waals surface area (Å²) in [5, 5.41) is 12.0. The van der Waals surface area contributed by atoms with Crippen molar-refractivity contribution in [3.63, 3.8) is 0 Å². The minimum absolute atomic E-state index is 0.146. The smallest absolute Gasteiger partial charge is 0.238 e. The van der Waals surface area contributed by atoms with Crippen LogP contribution in [0.1, 0.15) is 5.56 Å². The van der Waals surface area contributed by atoms with Crippen molar-refractivity contribution in [2.75, 3.05) is 32.1 Å². The average molecular weight is 372 g/mol. The molecule has 7 heteroatoms. The summed E-state index contributed by atoms with van der Waals surface area (Å²) in [6.07, 6.45) is -0.146. The molecule has 0 bridgehead atoms. The first-order valence-electron chi connectivity index (χ1n) is 8.11. The number of likely N-dealkylation sites (N-methyl/N-ethyl adjacent to an activating group) is 1. The molecule has 1 aliphatic rings. The predicted molar refractivity (Wildman–Crippen MR) is 98.6 cm³/mol. The van der Waals surface area contributed by atoms with Gasteiger partial charge in [0.15, 0.2) is 11.5 Å². The summed E-state index contributed by atoms with van der Waals surface area (Å²) in [6.45, 7) is 1.18. The zero-order valence-corrected chi connectivity index (χ0v) is 15.0. The molecule has 134 valence electrons. The Bertz CT molecular complexity index is 850. The van der Waals surface area contributed by atoms with Gasteiger partial charge in [0.25, 0.3) is 0 Å². The second-order valence-electron chi connectivity index (χ2n) is 6.05. The third-order valence-corrected chi connectivity index (χ3v) is 4.18. The molecule has 26 heavy (non-hydrogen) atoms. The Morgan fingerprint density at radius 2 is 2.12 bits per heavy atom. The monoisotopic (exact) mass is 371 g/mol. The molecule has 1 amide bonds. The second kappa shape index (κ2) is 8.09. The fourth-order valence-corrected chi connectivity index (χ4v) is 2.92. The first-order chi connectivity index (χ1) is 12.5. The van der Waals surface area contributed by atoms with Crippen molar-refractivity contribution in [3.05, 3.63) is 53.1 Å². The number of carbonyl (C=O) groups excluding carboxylic acids is 1. The number of carbonyl (C=O) groups is 1. The highest BCUT2D eigenvalue weighted by Crippen LogP contribution is 2.30. The van der Waals surface area contributed by atoms with Gasteiger partial charge in [0.05, 0.1) is 17.1 Å². The molecule has 2 aromatic rings. The van der Waals surface area contributed by atoms with Crippen molar-refractivity contribution < 1.29 is 14.3 Å². The molecule has 1 unspecified atom stereocenters. The van der Waals surface area contributed by atoms with Crippen LogP contribution in [-0.2, 0) is 4.79 Å². The van der Waals surface area contributed by atoms with Crippen LogP contribution in [0, 0.1) is 11.3 Å². The highest BCUT2D eigenvalue weighted by molar-refractivity contribution is 6.32. The third-order valence-electron chi connectivity index (χ3n) is 3.87. The van der Waals surface area contributed by atoms with E-state index in [2.05, 4.69) is 5.32 Å². The SMILES string of the molecule is CN(CC(=O)Nc1ccc(C#N)c(Cl)c1)CC1COc2ccccc2O1. The maximum atomic E-state index is 12.2. The van der Waals surface area contributed by atoms with Gasteiger partial charge < -0.3 is 14.8 Å². The first-order valence-corrected chi connectivity index (χ1v) is 8.49. The Morgan fingerprint density at radius 1 is 1.35 bits per heavy atom. The van der Waals surface area contributed by atoms with Gasteiger partial charge in [-0.25, -0.2) is 0 Å². The van der Waals surface area contributed by atoms with Crippen LogP contribution >= 0.6 is 11.6 Å². The van der Waals surface area contributed by atoms with Crippen LogP contribution in [0.3, 0.4) is 0 Å². The van der Waals surface area contributed by atoms with E-state index in [-0.39, 0.29) is 18.6 Å². The Balaban J connectivity index is 1.50. The quantitative estimate of drug-likeness (QED) is 0.874. The zero-order valence-electron chi connectivity index (χ0n) is 14.2. The van der Waals surface area contributed by atoms with Crippen LogP contribution in [0.15, 0.2) is 42.5 Å². The highest BCUT2D eigenvalue weighted by Gasteiger charge is 2.22. The number of nitriles is 1. The number of halogens is 1. The number of fused-ring (bicyclic) bond motifs is 1. The summed E-state index contributed by atoms with van der Waals surface area (Å²) in [5.41, 5.74) is 0.926. The van der Waals surface area contributed by atoms with Crippen molar-refractivity contribution in [2.45, 2.75) is 6.10 Å². The van der Waals surface area contributed by atoms with Gasteiger partial charge in [-0.2, -0.15) is 5.26 Å². The fraction of sp³-hybridized carbons (Fsp3) is 0.263. The molecule has 0 saturated heterocycles. The van der Waals surface area contributed by atoms with Crippen LogP contribution in [0.25, 0.3) is 0 Å². The van der Waals surface area contributed by atoms with Crippen molar-refractivity contribution in [2.24, 2.45) is 0 Å². The number of hydrogen-bond donors (Lipinski definition) is 1. The van der Waals surface area contributed by atoms with E-state index in [1.165, 1.54) is 0 Å². The van der Waals surface area contributed by atoms with E-state index in [1.54, 1.807) is 18.2 Å². The second-order valence-corrected chi connectivity index (χ2v) is 6.46. The van der Waals surface area contributed by atoms with Gasteiger partial charge in [-0.15, -0.1) is 0 Å². The molecule has 1 aliphatic heterocycles. The minimum atomic E-state index is -0.176. The summed E-state index contributed by atoms with van der Waals surface area (Å²) in [4.78, 5) is 14.1. The van der Waals surface area contributed by atoms with E-state index >= 15 is 0 Å². The van der Waals surface area contributed by atoms with E-state index in [0.29, 0.717) is 35.2 Å². The molecular formula is C19H18ClN3O3. The normalized spacial score (nSPS) is 15.4. The maximum absolute atomic E-state index is 12.2. The molecule has 0 aromatic heterocycles. The van der Waals surface area contributed by atoms with Gasteiger partial charge in [0.2, 0.25) is 5.91 Å². The number of nitrogens with one attached hydrogen (secondary N) is 1. The van der Waals surface area contributed by atoms with Crippen molar-refractivity contribution in [1.82, 2.24) is 4.90 Å². The molecule has 1 atom stereocenters. The molecule has 3 rings (SSSR count). The highest BCUT2D eigenvalue weighted by atomic mass is 35.5. The fourth-order valence-electron chi connectivity index (χ4n) is 2.69. The Kier molecular flexibility index (Phi) is 5.61. The molecule has 1 N–H and O–H groups in total. The van der Waals surface area contributed by atoms with E-state index in [1.807, 2.05) is 42.3 Å². The van der Waals surface area contributed by atoms with E-state index < -0.39 is 0 Å². The summed E-state index contributed by atoms with van der Waals surface area (Å²) >= 11 is 5.97. The molecule has 6 nitrogen and oxygen atoms in total. The number of anilines is 1. The van der Waals surface area contributed by atoms with E-state index in [9.17, 15) is 4.79 Å². The van der Waals surface area contributed by atoms with Crippen molar-refractivity contribution in [1.29, 1.82) is 5.26 Å². The molecule has 0 aliphatic carbocycles. The largest absolute Gasteiger partial charge is 0.486 e. The topological polar surface area (TPSA) is 74.6 Å². The maximum Gasteiger partial charge on any atom is 0.238 e. The van der Waals surface area contributed by atoms with Crippen molar-refractivity contribution in [3.8, 4) is 17.6 Å². The number of rotatable bonds is 5. The number of nitrogens with zero attached hydrogens (tertiary/aromatic N) is 2. The van der Waals surface area contributed by atoms with Crippen LogP contribution in [0.2, 0.25) is 5.02 Å². The van der Waals surface area contributed by atoms with Gasteiger partial charge in [-0.1, -0.05) is 23.7 Å². The molecule has 0 radical (unpaired) electrons. The number of para-hydroxylation sites is 2. The molecule has 1 heterocycles. The molecule has 2 aromatic carbocycles. The third kappa shape index (κ3) is 4.45. The number of benzene rings is 2. The first kappa shape index (κ1) is 18.1. The summed E-state index contributed by atoms with van der Waals surface area (Å²) < 4.78 is 11.6. The molecule has 0 fully saturated rings. The van der Waals surface area contributed by atoms with Gasteiger partial charge >= 0.3 is 0 Å². The zero-order chi connectivity index (χ0) is 18.5. The summed E-state index contributed by atoms with van der Waals surface area (Å²) in [7, 11) is 1.84. The van der Waals surface area contributed by atoms with Crippen LogP contribution in [0.5, 0.6) is 11.5 Å². The molecular weight excluding hydrogens is 354 g/mol. The molecule has 0 spiro atoms. The van der Waals surface area contributed by atoms with E-state index in [4.69, 9.17) is 26.3 Å². The predicted octanol–water partition coefficient (Wildman–Crippen LogP) is 2.92. The van der Waals surface area contributed by atoms with Crippen LogP contribution < -0.4 is 14.8 Å². The van der Waals surface area contributed by atoms with Gasteiger partial charge in [-0.05, 0) is 37.4 Å². The average Bonchev–Trinajstić information content (AvgIpc) is 2.61. The van der Waals surface area contributed by atoms with Crippen LogP contribution in [0.4, 0.5) is 5.69 Å². The number of amides is 1. The van der Waals surface area contributed by atoms with Crippen molar-refractivity contribution >= 4 is 23.2 Å². The Morgan fingerprint density at radius 3 is 2.85 bits per heavy atom. The standard InChI is InChI=1S/C19H18ClN3O3/c1-23(10-15-12-25-17-4-2-3-5-18(17)26-15)11-19(24)22-14-7-6-13(9-21)16(20)8-14/h2-8,15H,10-12H2,1H3,(H,22,24). The van der Waals surface area contributed by atoms with Crippen LogP contribution in [-0.4, -0.2) is 43.7 Å². The lowest BCUT2D eigenvalue weighted by Gasteiger charge is -2.29.